The van der Waals surface area contributed by atoms with Crippen molar-refractivity contribution in [2.75, 3.05) is 19.6 Å². The minimum absolute atomic E-state index is 0.0156. The molecule has 4 aliphatic carbocycles. The van der Waals surface area contributed by atoms with Crippen LogP contribution < -0.4 is 21.3 Å². The summed E-state index contributed by atoms with van der Waals surface area (Å²) in [6, 6.07) is -3.83. The Morgan fingerprint density at radius 2 is 1.42 bits per heavy atom. The van der Waals surface area contributed by atoms with Crippen LogP contribution in [0, 0.1) is 27.6 Å². The van der Waals surface area contributed by atoms with Gasteiger partial charge in [0.1, 0.15) is 18.1 Å². The van der Waals surface area contributed by atoms with Gasteiger partial charge in [0.2, 0.25) is 29.4 Å². The molecule has 0 aromatic carbocycles. The molecular formula is C43H70N6O6. The first kappa shape index (κ1) is 41.6. The second kappa shape index (κ2) is 16.1. The number of piperidine rings is 1. The first-order valence-electron chi connectivity index (χ1n) is 21.8. The minimum atomic E-state index is -0.986. The van der Waals surface area contributed by atoms with Gasteiger partial charge in [-0.15, -0.1) is 0 Å². The molecule has 4 N–H and O–H groups in total. The molecule has 12 nitrogen and oxygen atoms in total. The highest BCUT2D eigenvalue weighted by atomic mass is 16.2. The van der Waals surface area contributed by atoms with Crippen LogP contribution in [0.2, 0.25) is 0 Å². The van der Waals surface area contributed by atoms with Gasteiger partial charge in [0.05, 0.1) is 12.1 Å². The summed E-state index contributed by atoms with van der Waals surface area (Å²) in [4.78, 5) is 88.1. The van der Waals surface area contributed by atoms with E-state index in [-0.39, 0.29) is 52.0 Å². The third kappa shape index (κ3) is 7.83. The number of likely N-dealkylation sites (tertiary alicyclic amines) is 2. The summed E-state index contributed by atoms with van der Waals surface area (Å²) in [5.41, 5.74) is -1.03. The van der Waals surface area contributed by atoms with Gasteiger partial charge in [-0.1, -0.05) is 87.0 Å². The highest BCUT2D eigenvalue weighted by molar-refractivity contribution is 6.38. The molecule has 6 aliphatic rings. The maximum absolute atomic E-state index is 15.1. The molecule has 6 rings (SSSR count). The maximum Gasteiger partial charge on any atom is 0.289 e. The number of hydrogen-bond donors (Lipinski definition) is 4. The zero-order valence-corrected chi connectivity index (χ0v) is 34.8. The van der Waals surface area contributed by atoms with Crippen molar-refractivity contribution in [1.29, 1.82) is 0 Å². The zero-order valence-electron chi connectivity index (χ0n) is 34.8. The smallest absolute Gasteiger partial charge is 0.289 e. The quantitative estimate of drug-likeness (QED) is 0.191. The summed E-state index contributed by atoms with van der Waals surface area (Å²) < 4.78 is 0. The van der Waals surface area contributed by atoms with Crippen LogP contribution >= 0.6 is 0 Å². The highest BCUT2D eigenvalue weighted by Gasteiger charge is 2.85. The Bertz CT molecular complexity index is 1490. The second-order valence-corrected chi connectivity index (χ2v) is 19.6. The van der Waals surface area contributed by atoms with Gasteiger partial charge in [0.15, 0.2) is 0 Å². The summed E-state index contributed by atoms with van der Waals surface area (Å²) in [5.74, 6) is -2.56. The summed E-state index contributed by atoms with van der Waals surface area (Å²) >= 11 is 0. The van der Waals surface area contributed by atoms with Crippen molar-refractivity contribution >= 4 is 35.3 Å². The Hall–Kier alpha value is -3.02. The molecule has 2 aliphatic heterocycles. The average Bonchev–Trinajstić information content (AvgIpc) is 3.96. The topological polar surface area (TPSA) is 157 Å². The van der Waals surface area contributed by atoms with E-state index in [9.17, 15) is 24.0 Å². The number of carbonyl (C=O) groups excluding carboxylic acids is 6. The SMILES string of the molecule is CCC[C@H](NC(=O)[C@@H]1C[C@@]2(CN1C(=O)[C@@H](NC(=O)[C@@H](NC(=O)[C@H]1CCCCN1CC)C1CCCCC1)C(C)(C)C)C(C)(C)C21CCC1)C(=O)C(=O)NC1CC1. The number of rotatable bonds is 14. The molecule has 2 saturated heterocycles. The van der Waals surface area contributed by atoms with E-state index in [1.54, 1.807) is 4.90 Å². The van der Waals surface area contributed by atoms with E-state index in [0.29, 0.717) is 25.8 Å². The van der Waals surface area contributed by atoms with Gasteiger partial charge in [-0.25, -0.2) is 0 Å². The van der Waals surface area contributed by atoms with E-state index in [0.717, 1.165) is 96.6 Å². The van der Waals surface area contributed by atoms with Crippen molar-refractivity contribution < 1.29 is 28.8 Å². The van der Waals surface area contributed by atoms with Crippen molar-refractivity contribution in [3.8, 4) is 0 Å². The molecule has 308 valence electrons. The first-order chi connectivity index (χ1) is 26.0. The number of nitrogens with one attached hydrogen (secondary N) is 4. The van der Waals surface area contributed by atoms with Crippen LogP contribution in [0.3, 0.4) is 0 Å². The van der Waals surface area contributed by atoms with E-state index < -0.39 is 47.2 Å². The lowest BCUT2D eigenvalue weighted by molar-refractivity contribution is -0.145. The Balaban J connectivity index is 1.25. The molecule has 0 unspecified atom stereocenters. The molecule has 12 heteroatoms. The molecule has 2 spiro atoms. The van der Waals surface area contributed by atoms with Crippen LogP contribution in [0.15, 0.2) is 0 Å². The number of hydrogen-bond acceptors (Lipinski definition) is 7. The summed E-state index contributed by atoms with van der Waals surface area (Å²) in [5, 5.41) is 12.1. The Labute approximate surface area is 329 Å². The molecular weight excluding hydrogens is 697 g/mol. The number of likely N-dealkylation sites (N-methyl/N-ethyl adjacent to an activating group) is 1. The van der Waals surface area contributed by atoms with Crippen molar-refractivity contribution in [2.24, 2.45) is 27.6 Å². The monoisotopic (exact) mass is 767 g/mol. The third-order valence-corrected chi connectivity index (χ3v) is 15.2. The Morgan fingerprint density at radius 1 is 0.764 bits per heavy atom. The molecule has 0 radical (unpaired) electrons. The van der Waals surface area contributed by atoms with Crippen LogP contribution in [-0.2, 0) is 28.8 Å². The highest BCUT2D eigenvalue weighted by Crippen LogP contribution is 2.88. The van der Waals surface area contributed by atoms with Crippen LogP contribution in [0.25, 0.3) is 0 Å². The number of fused-ring (bicyclic) bond motifs is 1. The normalized spacial score (nSPS) is 29.1. The number of carbonyl (C=O) groups is 6. The van der Waals surface area contributed by atoms with Crippen LogP contribution in [0.4, 0.5) is 0 Å². The average molecular weight is 767 g/mol. The van der Waals surface area contributed by atoms with E-state index in [4.69, 9.17) is 0 Å². The predicted octanol–water partition coefficient (Wildman–Crippen LogP) is 4.39. The molecule has 0 aromatic rings. The number of ketones is 1. The standard InChI is InChI=1S/C43H70N6O6/c1-8-16-29(33(50)38(54)44-28-20-21-28)45-36(52)31-25-43(41(6,7)42(43)22-15-23-42)26-49(31)39(55)34(40(3,4)5)47-37(53)32(27-17-11-10-12-18-27)46-35(51)30-19-13-14-24-48(30)9-2/h27-32,34H,8-26H2,1-7H3,(H,44,54)(H,45,52)(H,46,51)(H,47,53)/t29-,30+,31-,32-,34+,43+/m0/s1. The Kier molecular flexibility index (Phi) is 12.2. The molecule has 0 bridgehead atoms. The third-order valence-electron chi connectivity index (χ3n) is 15.2. The van der Waals surface area contributed by atoms with Crippen molar-refractivity contribution in [3.05, 3.63) is 0 Å². The number of amides is 5. The van der Waals surface area contributed by atoms with Crippen molar-refractivity contribution in [3.63, 3.8) is 0 Å². The molecule has 5 amide bonds. The van der Waals surface area contributed by atoms with Gasteiger partial charge in [-0.2, -0.15) is 0 Å². The van der Waals surface area contributed by atoms with Gasteiger partial charge in [-0.3, -0.25) is 33.7 Å². The van der Waals surface area contributed by atoms with Crippen molar-refractivity contribution in [2.45, 2.75) is 187 Å². The lowest BCUT2D eigenvalue weighted by Crippen LogP contribution is -2.63. The van der Waals surface area contributed by atoms with E-state index in [1.165, 1.54) is 0 Å². The van der Waals surface area contributed by atoms with E-state index in [2.05, 4.69) is 46.9 Å². The van der Waals surface area contributed by atoms with Crippen molar-refractivity contribution in [1.82, 2.24) is 31.1 Å². The predicted molar refractivity (Wildman–Crippen MR) is 210 cm³/mol. The zero-order chi connectivity index (χ0) is 39.9. The fourth-order valence-electron chi connectivity index (χ4n) is 11.4. The number of Topliss-reactive ketones (excluding diaryl/α,β-unsaturated/α-hetero) is 1. The minimum Gasteiger partial charge on any atom is -0.347 e. The van der Waals surface area contributed by atoms with Gasteiger partial charge in [0, 0.05) is 18.0 Å². The van der Waals surface area contributed by atoms with Gasteiger partial charge >= 0.3 is 0 Å². The Morgan fingerprint density at radius 3 is 1.98 bits per heavy atom. The molecule has 55 heavy (non-hydrogen) atoms. The van der Waals surface area contributed by atoms with Crippen LogP contribution in [-0.4, -0.2) is 101 Å². The van der Waals surface area contributed by atoms with Crippen LogP contribution in [0.5, 0.6) is 0 Å². The van der Waals surface area contributed by atoms with Gasteiger partial charge < -0.3 is 26.2 Å². The molecule has 6 atom stereocenters. The van der Waals surface area contributed by atoms with E-state index >= 15 is 4.79 Å². The first-order valence-corrected chi connectivity index (χ1v) is 21.8. The molecule has 0 aromatic heterocycles. The fraction of sp³-hybridized carbons (Fsp3) is 0.860. The molecule has 6 fully saturated rings. The fourth-order valence-corrected chi connectivity index (χ4v) is 11.4. The second-order valence-electron chi connectivity index (χ2n) is 19.6. The van der Waals surface area contributed by atoms with Crippen LogP contribution in [0.1, 0.15) is 151 Å². The molecule has 4 saturated carbocycles. The summed E-state index contributed by atoms with van der Waals surface area (Å²) in [6.07, 6.45) is 13.8. The van der Waals surface area contributed by atoms with Gasteiger partial charge in [-0.05, 0) is 99.5 Å². The van der Waals surface area contributed by atoms with E-state index in [1.807, 2.05) is 27.7 Å². The summed E-state index contributed by atoms with van der Waals surface area (Å²) in [7, 11) is 0. The lowest BCUT2D eigenvalue weighted by Gasteiger charge is -2.39. The van der Waals surface area contributed by atoms with Gasteiger partial charge in [0.25, 0.3) is 5.91 Å². The number of nitrogens with zero attached hydrogens (tertiary/aromatic N) is 2. The summed E-state index contributed by atoms with van der Waals surface area (Å²) in [6.45, 7) is 16.3. The maximum atomic E-state index is 15.1. The largest absolute Gasteiger partial charge is 0.347 e. The lowest BCUT2D eigenvalue weighted by atomic mass is 9.73. The molecule has 2 heterocycles.